The van der Waals surface area contributed by atoms with Crippen LogP contribution < -0.4 is 0 Å². The largest absolute Gasteiger partial charge is 0.244 e. The third-order valence-electron chi connectivity index (χ3n) is 0.948. The van der Waals surface area contributed by atoms with Crippen LogP contribution in [-0.2, 0) is 0 Å². The first-order valence-electron chi connectivity index (χ1n) is 2.46. The normalized spacial score (nSPS) is 8.90. The molecule has 50 valence electrons. The molecular formula is C6H2BrIN2. The first-order valence-corrected chi connectivity index (χ1v) is 4.33. The smallest absolute Gasteiger partial charge is 0.155 e. The summed E-state index contributed by atoms with van der Waals surface area (Å²) < 4.78 is 1.78. The summed E-state index contributed by atoms with van der Waals surface area (Å²) in [5.74, 6) is 0. The molecule has 0 aliphatic heterocycles. The predicted molar refractivity (Wildman–Crippen MR) is 49.4 cm³/mol. The van der Waals surface area contributed by atoms with E-state index in [-0.39, 0.29) is 0 Å². The van der Waals surface area contributed by atoms with Gasteiger partial charge in [-0.25, -0.2) is 4.98 Å². The number of pyridine rings is 1. The highest BCUT2D eigenvalue weighted by molar-refractivity contribution is 14.1. The second-order valence-electron chi connectivity index (χ2n) is 1.57. The first kappa shape index (κ1) is 7.95. The van der Waals surface area contributed by atoms with Crippen LogP contribution in [0.3, 0.4) is 0 Å². The van der Waals surface area contributed by atoms with E-state index in [1.807, 2.05) is 12.1 Å². The van der Waals surface area contributed by atoms with Gasteiger partial charge in [0, 0.05) is 9.77 Å². The Labute approximate surface area is 80.5 Å². The molecule has 0 aliphatic carbocycles. The summed E-state index contributed by atoms with van der Waals surface area (Å²) in [6, 6.07) is 3.81. The molecule has 0 saturated carbocycles. The SMILES string of the molecule is N#Cc1nccc(I)c1Br. The second kappa shape index (κ2) is 3.30. The van der Waals surface area contributed by atoms with Gasteiger partial charge < -0.3 is 0 Å². The van der Waals surface area contributed by atoms with Crippen molar-refractivity contribution >= 4 is 38.5 Å². The minimum absolute atomic E-state index is 0.437. The van der Waals surface area contributed by atoms with Crippen molar-refractivity contribution in [3.8, 4) is 6.07 Å². The number of hydrogen-bond acceptors (Lipinski definition) is 2. The Morgan fingerprint density at radius 3 is 2.90 bits per heavy atom. The maximum atomic E-state index is 8.50. The van der Waals surface area contributed by atoms with Crippen molar-refractivity contribution in [1.82, 2.24) is 4.98 Å². The van der Waals surface area contributed by atoms with Crippen molar-refractivity contribution < 1.29 is 0 Å². The zero-order valence-corrected chi connectivity index (χ0v) is 8.55. The molecule has 10 heavy (non-hydrogen) atoms. The maximum Gasteiger partial charge on any atom is 0.155 e. The molecule has 0 aliphatic rings. The Balaban J connectivity index is 3.31. The van der Waals surface area contributed by atoms with E-state index in [9.17, 15) is 0 Å². The van der Waals surface area contributed by atoms with Gasteiger partial charge in [-0.15, -0.1) is 0 Å². The van der Waals surface area contributed by atoms with Gasteiger partial charge in [0.05, 0.1) is 4.47 Å². The zero-order chi connectivity index (χ0) is 7.56. The van der Waals surface area contributed by atoms with E-state index in [0.29, 0.717) is 5.69 Å². The number of rotatable bonds is 0. The van der Waals surface area contributed by atoms with Crippen molar-refractivity contribution in [2.75, 3.05) is 0 Å². The van der Waals surface area contributed by atoms with Crippen LogP contribution in [0.4, 0.5) is 0 Å². The van der Waals surface area contributed by atoms with Gasteiger partial charge in [0.15, 0.2) is 5.69 Å². The van der Waals surface area contributed by atoms with E-state index >= 15 is 0 Å². The average Bonchev–Trinajstić information content (AvgIpc) is 1.95. The molecule has 0 bridgehead atoms. The highest BCUT2D eigenvalue weighted by Crippen LogP contribution is 2.20. The van der Waals surface area contributed by atoms with E-state index in [4.69, 9.17) is 5.26 Å². The predicted octanol–water partition coefficient (Wildman–Crippen LogP) is 2.32. The molecule has 0 spiro atoms. The molecule has 2 nitrogen and oxygen atoms in total. The topological polar surface area (TPSA) is 36.7 Å². The Morgan fingerprint density at radius 1 is 1.70 bits per heavy atom. The number of aromatic nitrogens is 1. The standard InChI is InChI=1S/C6H2BrIN2/c7-6-4(8)1-2-10-5(6)3-9/h1-2H. The fourth-order valence-electron chi connectivity index (χ4n) is 0.498. The van der Waals surface area contributed by atoms with E-state index in [0.717, 1.165) is 8.04 Å². The quantitative estimate of drug-likeness (QED) is 0.690. The summed E-state index contributed by atoms with van der Waals surface area (Å²) in [6.07, 6.45) is 1.62. The summed E-state index contributed by atoms with van der Waals surface area (Å²) >= 11 is 5.38. The van der Waals surface area contributed by atoms with Crippen molar-refractivity contribution in [1.29, 1.82) is 5.26 Å². The van der Waals surface area contributed by atoms with Gasteiger partial charge in [-0.3, -0.25) is 0 Å². The maximum absolute atomic E-state index is 8.50. The second-order valence-corrected chi connectivity index (χ2v) is 3.52. The summed E-state index contributed by atoms with van der Waals surface area (Å²) in [5, 5.41) is 8.50. The minimum atomic E-state index is 0.437. The molecule has 0 unspecified atom stereocenters. The molecule has 0 atom stereocenters. The van der Waals surface area contributed by atoms with Gasteiger partial charge >= 0.3 is 0 Å². The summed E-state index contributed by atoms with van der Waals surface area (Å²) in [4.78, 5) is 3.84. The number of nitriles is 1. The van der Waals surface area contributed by atoms with E-state index in [2.05, 4.69) is 43.5 Å². The minimum Gasteiger partial charge on any atom is -0.244 e. The molecule has 0 saturated heterocycles. The van der Waals surface area contributed by atoms with Crippen LogP contribution in [0.25, 0.3) is 0 Å². The van der Waals surface area contributed by atoms with Gasteiger partial charge in [-0.05, 0) is 44.6 Å². The van der Waals surface area contributed by atoms with Crippen LogP contribution >= 0.6 is 38.5 Å². The third kappa shape index (κ3) is 1.47. The van der Waals surface area contributed by atoms with Crippen molar-refractivity contribution in [2.24, 2.45) is 0 Å². The highest BCUT2D eigenvalue weighted by atomic mass is 127. The molecule has 1 aromatic heterocycles. The Morgan fingerprint density at radius 2 is 2.40 bits per heavy atom. The molecular weight excluding hydrogens is 307 g/mol. The molecule has 0 aromatic carbocycles. The number of halogens is 2. The molecule has 4 heteroatoms. The fourth-order valence-corrected chi connectivity index (χ4v) is 1.24. The number of hydrogen-bond donors (Lipinski definition) is 0. The van der Waals surface area contributed by atoms with Crippen molar-refractivity contribution in [3.63, 3.8) is 0 Å². The lowest BCUT2D eigenvalue weighted by atomic mass is 10.4. The van der Waals surface area contributed by atoms with Crippen molar-refractivity contribution in [2.45, 2.75) is 0 Å². The van der Waals surface area contributed by atoms with Gasteiger partial charge in [0.1, 0.15) is 6.07 Å². The van der Waals surface area contributed by atoms with Crippen LogP contribution in [0, 0.1) is 14.9 Å². The van der Waals surface area contributed by atoms with Gasteiger partial charge in [-0.2, -0.15) is 5.26 Å². The lowest BCUT2D eigenvalue weighted by molar-refractivity contribution is 1.23. The van der Waals surface area contributed by atoms with Crippen LogP contribution in [-0.4, -0.2) is 4.98 Å². The number of nitrogens with zero attached hydrogens (tertiary/aromatic N) is 2. The summed E-state index contributed by atoms with van der Waals surface area (Å²) in [7, 11) is 0. The molecule has 1 heterocycles. The van der Waals surface area contributed by atoms with E-state index in [1.54, 1.807) is 6.20 Å². The molecule has 0 amide bonds. The average molecular weight is 309 g/mol. The van der Waals surface area contributed by atoms with Crippen LogP contribution in [0.2, 0.25) is 0 Å². The van der Waals surface area contributed by atoms with E-state index < -0.39 is 0 Å². The molecule has 0 fully saturated rings. The Kier molecular flexibility index (Phi) is 2.63. The molecule has 1 aromatic rings. The van der Waals surface area contributed by atoms with Crippen LogP contribution in [0.1, 0.15) is 5.69 Å². The third-order valence-corrected chi connectivity index (χ3v) is 3.39. The molecule has 0 N–H and O–H groups in total. The first-order chi connectivity index (χ1) is 4.75. The Hall–Kier alpha value is -0.150. The molecule has 0 radical (unpaired) electrons. The Bertz CT molecular complexity index is 292. The fraction of sp³-hybridized carbons (Fsp3) is 0. The lowest BCUT2D eigenvalue weighted by Gasteiger charge is -1.94. The van der Waals surface area contributed by atoms with Crippen LogP contribution in [0.15, 0.2) is 16.7 Å². The van der Waals surface area contributed by atoms with Gasteiger partial charge in [-0.1, -0.05) is 0 Å². The van der Waals surface area contributed by atoms with Crippen molar-refractivity contribution in [3.05, 3.63) is 26.0 Å². The van der Waals surface area contributed by atoms with Gasteiger partial charge in [0.2, 0.25) is 0 Å². The highest BCUT2D eigenvalue weighted by Gasteiger charge is 2.01. The molecule has 1 rings (SSSR count). The zero-order valence-electron chi connectivity index (χ0n) is 4.81. The monoisotopic (exact) mass is 308 g/mol. The van der Waals surface area contributed by atoms with E-state index in [1.165, 1.54) is 0 Å². The lowest BCUT2D eigenvalue weighted by Crippen LogP contribution is -1.85. The van der Waals surface area contributed by atoms with Gasteiger partial charge in [0.25, 0.3) is 0 Å². The van der Waals surface area contributed by atoms with Crippen LogP contribution in [0.5, 0.6) is 0 Å². The summed E-state index contributed by atoms with van der Waals surface area (Å²) in [5.41, 5.74) is 0.437. The summed E-state index contributed by atoms with van der Waals surface area (Å²) in [6.45, 7) is 0.